The maximum atomic E-state index is 12.7. The van der Waals surface area contributed by atoms with E-state index in [4.69, 9.17) is 0 Å². The van der Waals surface area contributed by atoms with Gasteiger partial charge in [0.15, 0.2) is 5.96 Å². The van der Waals surface area contributed by atoms with E-state index in [-0.39, 0.29) is 29.9 Å². The predicted octanol–water partition coefficient (Wildman–Crippen LogP) is 2.27. The molecule has 1 aromatic rings. The third-order valence-electron chi connectivity index (χ3n) is 4.97. The molecule has 1 atom stereocenters. The second kappa shape index (κ2) is 10.4. The Labute approximate surface area is 180 Å². The Balaban J connectivity index is 0.00000280. The summed E-state index contributed by atoms with van der Waals surface area (Å²) in [5, 5.41) is 6.07. The van der Waals surface area contributed by atoms with E-state index < -0.39 is 11.9 Å². The maximum absolute atomic E-state index is 12.7. The molecule has 1 unspecified atom stereocenters. The Morgan fingerprint density at radius 3 is 2.68 bits per heavy atom. The largest absolute Gasteiger partial charge is 0.433 e. The minimum atomic E-state index is -4.47. The van der Waals surface area contributed by atoms with Gasteiger partial charge in [-0.15, -0.1) is 24.0 Å². The van der Waals surface area contributed by atoms with Crippen molar-refractivity contribution < 1.29 is 13.2 Å². The van der Waals surface area contributed by atoms with E-state index in [2.05, 4.69) is 35.4 Å². The Bertz CT molecular complexity index is 650. The van der Waals surface area contributed by atoms with Crippen molar-refractivity contribution in [1.29, 1.82) is 0 Å². The minimum absolute atomic E-state index is 0. The summed E-state index contributed by atoms with van der Waals surface area (Å²) in [5.74, 6) is 0.792. The monoisotopic (exact) mass is 513 g/mol. The van der Waals surface area contributed by atoms with E-state index in [1.807, 2.05) is 0 Å². The van der Waals surface area contributed by atoms with Gasteiger partial charge in [0.05, 0.1) is 0 Å². The molecule has 11 heteroatoms. The fourth-order valence-electron chi connectivity index (χ4n) is 3.62. The number of halogens is 4. The average molecular weight is 513 g/mol. The molecule has 2 N–H and O–H groups in total. The summed E-state index contributed by atoms with van der Waals surface area (Å²) in [6.45, 7) is 5.20. The highest BCUT2D eigenvalue weighted by molar-refractivity contribution is 14.0. The summed E-state index contributed by atoms with van der Waals surface area (Å²) in [6.07, 6.45) is 0.338. The third-order valence-corrected chi connectivity index (χ3v) is 4.97. The highest BCUT2D eigenvalue weighted by Crippen LogP contribution is 2.27. The van der Waals surface area contributed by atoms with Crippen LogP contribution in [0.2, 0.25) is 0 Å². The average Bonchev–Trinajstić information content (AvgIpc) is 3.33. The fraction of sp³-hybridized carbons (Fsp3) is 0.706. The first-order valence-electron chi connectivity index (χ1n) is 9.31. The molecular weight excluding hydrogens is 486 g/mol. The Kier molecular flexibility index (Phi) is 8.53. The zero-order valence-electron chi connectivity index (χ0n) is 15.9. The van der Waals surface area contributed by atoms with E-state index in [0.29, 0.717) is 19.1 Å². The molecular formula is C17H27F3IN7. The standard InChI is InChI=1S/C17H26F3N7.HI/c1-21-16(27-11-5-13(12-27)26-9-2-3-10-26)24-8-7-23-15-22-6-4-14(25-15)17(18,19)20;/h4,6,13H,2-3,5,7-12H2,1H3,(H,21,24)(H,22,23,25);1H. The van der Waals surface area contributed by atoms with Crippen molar-refractivity contribution in [3.05, 3.63) is 18.0 Å². The quantitative estimate of drug-likeness (QED) is 0.273. The number of hydrogen-bond acceptors (Lipinski definition) is 5. The number of nitrogens with one attached hydrogen (secondary N) is 2. The van der Waals surface area contributed by atoms with E-state index in [9.17, 15) is 13.2 Å². The summed E-state index contributed by atoms with van der Waals surface area (Å²) < 4.78 is 38.0. The molecule has 2 saturated heterocycles. The van der Waals surface area contributed by atoms with Crippen molar-refractivity contribution in [2.45, 2.75) is 31.5 Å². The van der Waals surface area contributed by atoms with Gasteiger partial charge in [-0.05, 0) is 38.4 Å². The molecule has 3 heterocycles. The van der Waals surface area contributed by atoms with Crippen molar-refractivity contribution in [2.75, 3.05) is 51.6 Å². The van der Waals surface area contributed by atoms with Crippen LogP contribution in [0.25, 0.3) is 0 Å². The number of anilines is 1. The van der Waals surface area contributed by atoms with E-state index in [1.165, 1.54) is 25.9 Å². The highest BCUT2D eigenvalue weighted by Gasteiger charge is 2.33. The number of guanidine groups is 1. The van der Waals surface area contributed by atoms with Crippen LogP contribution in [0.4, 0.5) is 19.1 Å². The predicted molar refractivity (Wildman–Crippen MR) is 113 cm³/mol. The second-order valence-electron chi connectivity index (χ2n) is 6.80. The van der Waals surface area contributed by atoms with Crippen LogP contribution in [-0.4, -0.2) is 78.1 Å². The van der Waals surface area contributed by atoms with Gasteiger partial charge in [-0.25, -0.2) is 9.97 Å². The number of likely N-dealkylation sites (tertiary alicyclic amines) is 2. The first-order chi connectivity index (χ1) is 13.0. The van der Waals surface area contributed by atoms with Gasteiger partial charge in [-0.2, -0.15) is 13.2 Å². The molecule has 0 radical (unpaired) electrons. The number of nitrogens with zero attached hydrogens (tertiary/aromatic N) is 5. The van der Waals surface area contributed by atoms with Gasteiger partial charge >= 0.3 is 6.18 Å². The molecule has 0 aliphatic carbocycles. The van der Waals surface area contributed by atoms with E-state index >= 15 is 0 Å². The number of alkyl halides is 3. The molecule has 3 rings (SSSR count). The summed E-state index contributed by atoms with van der Waals surface area (Å²) >= 11 is 0. The van der Waals surface area contributed by atoms with Crippen LogP contribution in [-0.2, 0) is 6.18 Å². The molecule has 0 amide bonds. The summed E-state index contributed by atoms with van der Waals surface area (Å²) in [7, 11) is 1.74. The third kappa shape index (κ3) is 6.06. The zero-order chi connectivity index (χ0) is 19.3. The smallest absolute Gasteiger partial charge is 0.354 e. The normalized spacial score (nSPS) is 20.9. The lowest BCUT2D eigenvalue weighted by atomic mass is 10.2. The van der Waals surface area contributed by atoms with Gasteiger partial charge in [-0.3, -0.25) is 9.89 Å². The molecule has 28 heavy (non-hydrogen) atoms. The van der Waals surface area contributed by atoms with Gasteiger partial charge in [0.25, 0.3) is 0 Å². The lowest BCUT2D eigenvalue weighted by Gasteiger charge is -2.25. The van der Waals surface area contributed by atoms with Crippen LogP contribution >= 0.6 is 24.0 Å². The van der Waals surface area contributed by atoms with Gasteiger partial charge in [0.2, 0.25) is 5.95 Å². The van der Waals surface area contributed by atoms with Crippen molar-refractivity contribution in [3.8, 4) is 0 Å². The van der Waals surface area contributed by atoms with Crippen molar-refractivity contribution in [2.24, 2.45) is 4.99 Å². The number of aromatic nitrogens is 2. The zero-order valence-corrected chi connectivity index (χ0v) is 18.2. The molecule has 1 aromatic heterocycles. The number of aliphatic imine (C=N–C) groups is 1. The number of rotatable bonds is 5. The van der Waals surface area contributed by atoms with E-state index in [1.54, 1.807) is 7.05 Å². The summed E-state index contributed by atoms with van der Waals surface area (Å²) in [5.41, 5.74) is -0.950. The molecule has 158 valence electrons. The van der Waals surface area contributed by atoms with Gasteiger partial charge in [0, 0.05) is 45.5 Å². The fourth-order valence-corrected chi connectivity index (χ4v) is 3.62. The van der Waals surface area contributed by atoms with Gasteiger partial charge in [0.1, 0.15) is 5.69 Å². The maximum Gasteiger partial charge on any atom is 0.433 e. The number of hydrogen-bond donors (Lipinski definition) is 2. The van der Waals surface area contributed by atoms with Gasteiger partial charge < -0.3 is 15.5 Å². The Morgan fingerprint density at radius 2 is 2.00 bits per heavy atom. The summed E-state index contributed by atoms with van der Waals surface area (Å²) in [6, 6.07) is 1.44. The van der Waals surface area contributed by atoms with Crippen molar-refractivity contribution in [1.82, 2.24) is 25.1 Å². The first kappa shape index (κ1) is 22.9. The Hall–Kier alpha value is -1.37. The molecule has 2 aliphatic heterocycles. The van der Waals surface area contributed by atoms with Gasteiger partial charge in [-0.1, -0.05) is 0 Å². The molecule has 7 nitrogen and oxygen atoms in total. The van der Waals surface area contributed by atoms with Crippen molar-refractivity contribution in [3.63, 3.8) is 0 Å². The Morgan fingerprint density at radius 1 is 1.25 bits per heavy atom. The molecule has 2 aliphatic rings. The molecule has 0 bridgehead atoms. The van der Waals surface area contributed by atoms with Crippen LogP contribution in [0.1, 0.15) is 25.0 Å². The van der Waals surface area contributed by atoms with Crippen LogP contribution in [0.5, 0.6) is 0 Å². The molecule has 2 fully saturated rings. The lowest BCUT2D eigenvalue weighted by molar-refractivity contribution is -0.141. The summed E-state index contributed by atoms with van der Waals surface area (Å²) in [4.78, 5) is 16.4. The topological polar surface area (TPSA) is 68.7 Å². The lowest BCUT2D eigenvalue weighted by Crippen LogP contribution is -2.43. The molecule has 0 spiro atoms. The SMILES string of the molecule is CN=C(NCCNc1nccc(C(F)(F)F)n1)N1CCC(N2CCCC2)C1.I. The van der Waals surface area contributed by atoms with Crippen LogP contribution in [0.3, 0.4) is 0 Å². The van der Waals surface area contributed by atoms with Crippen LogP contribution in [0.15, 0.2) is 17.3 Å². The van der Waals surface area contributed by atoms with Crippen LogP contribution in [0, 0.1) is 0 Å². The first-order valence-corrected chi connectivity index (χ1v) is 9.31. The van der Waals surface area contributed by atoms with Crippen molar-refractivity contribution >= 4 is 35.9 Å². The van der Waals surface area contributed by atoms with E-state index in [0.717, 1.165) is 37.7 Å². The minimum Gasteiger partial charge on any atom is -0.354 e. The van der Waals surface area contributed by atoms with Crippen LogP contribution < -0.4 is 10.6 Å². The molecule has 0 aromatic carbocycles. The highest BCUT2D eigenvalue weighted by atomic mass is 127. The molecule has 0 saturated carbocycles. The second-order valence-corrected chi connectivity index (χ2v) is 6.80.